The average molecular weight is 499 g/mol. The van der Waals surface area contributed by atoms with E-state index in [1.807, 2.05) is 76.2 Å². The Morgan fingerprint density at radius 3 is 2.49 bits per heavy atom. The molecule has 37 heavy (non-hydrogen) atoms. The Labute approximate surface area is 217 Å². The fourth-order valence-electron chi connectivity index (χ4n) is 4.78. The molecule has 4 rings (SSSR count). The number of aromatic nitrogens is 2. The summed E-state index contributed by atoms with van der Waals surface area (Å²) < 4.78 is 7.11. The van der Waals surface area contributed by atoms with Gasteiger partial charge in [-0.3, -0.25) is 9.36 Å². The first-order valence-electron chi connectivity index (χ1n) is 12.7. The summed E-state index contributed by atoms with van der Waals surface area (Å²) in [4.78, 5) is 34.4. The number of nitrogens with zero attached hydrogens (tertiary/aromatic N) is 3. The molecule has 3 aromatic carbocycles. The number of nitrogens with one attached hydrogen (secondary N) is 1. The first-order valence-corrected chi connectivity index (χ1v) is 12.7. The maximum absolute atomic E-state index is 13.9. The van der Waals surface area contributed by atoms with Gasteiger partial charge in [0.2, 0.25) is 0 Å². The van der Waals surface area contributed by atoms with Gasteiger partial charge in [0.15, 0.2) is 0 Å². The number of hydrogen-bond donors (Lipinski definition) is 1. The molecule has 2 amide bonds. The van der Waals surface area contributed by atoms with Crippen molar-refractivity contribution in [3.8, 4) is 11.4 Å². The topological polar surface area (TPSA) is 76.5 Å². The Bertz CT molecular complexity index is 1480. The summed E-state index contributed by atoms with van der Waals surface area (Å²) in [7, 11) is 1.57. The highest BCUT2D eigenvalue weighted by Crippen LogP contribution is 2.29. The second kappa shape index (κ2) is 11.3. The molecule has 1 unspecified atom stereocenters. The van der Waals surface area contributed by atoms with Crippen LogP contribution in [0.5, 0.6) is 5.75 Å². The number of anilines is 1. The number of benzene rings is 3. The minimum atomic E-state index is -0.437. The quantitative estimate of drug-likeness (QED) is 0.305. The molecule has 0 spiro atoms. The van der Waals surface area contributed by atoms with Gasteiger partial charge in [0, 0.05) is 6.54 Å². The Kier molecular flexibility index (Phi) is 7.92. The maximum atomic E-state index is 13.9. The van der Waals surface area contributed by atoms with Crippen LogP contribution in [0.4, 0.5) is 10.5 Å². The zero-order chi connectivity index (χ0) is 26.5. The number of rotatable bonds is 8. The van der Waals surface area contributed by atoms with Crippen molar-refractivity contribution in [2.24, 2.45) is 0 Å². The number of hydrogen-bond acceptors (Lipinski definition) is 4. The number of carbonyl (C=O) groups excluding carboxylic acids is 1. The first-order chi connectivity index (χ1) is 17.9. The Morgan fingerprint density at radius 1 is 1.05 bits per heavy atom. The molecule has 7 nitrogen and oxygen atoms in total. The van der Waals surface area contributed by atoms with Crippen LogP contribution in [0.15, 0.2) is 71.5 Å². The van der Waals surface area contributed by atoms with Crippen LogP contribution in [0.25, 0.3) is 16.6 Å². The fraction of sp³-hybridized carbons (Fsp3) is 0.300. The van der Waals surface area contributed by atoms with Crippen LogP contribution < -0.4 is 15.6 Å². The van der Waals surface area contributed by atoms with Gasteiger partial charge >= 0.3 is 6.03 Å². The zero-order valence-corrected chi connectivity index (χ0v) is 22.1. The van der Waals surface area contributed by atoms with Crippen LogP contribution in [-0.2, 0) is 0 Å². The molecule has 0 aliphatic carbocycles. The highest BCUT2D eigenvalue weighted by atomic mass is 16.5. The fourth-order valence-corrected chi connectivity index (χ4v) is 4.78. The van der Waals surface area contributed by atoms with Crippen molar-refractivity contribution in [1.29, 1.82) is 0 Å². The van der Waals surface area contributed by atoms with Crippen molar-refractivity contribution < 1.29 is 9.53 Å². The normalized spacial score (nSPS) is 11.8. The van der Waals surface area contributed by atoms with Crippen molar-refractivity contribution >= 4 is 22.6 Å². The lowest BCUT2D eigenvalue weighted by atomic mass is 10.1. The third-order valence-electron chi connectivity index (χ3n) is 6.53. The van der Waals surface area contributed by atoms with Crippen LogP contribution in [0.3, 0.4) is 0 Å². The zero-order valence-electron chi connectivity index (χ0n) is 22.1. The van der Waals surface area contributed by atoms with E-state index in [1.165, 1.54) is 0 Å². The number of fused-ring (bicyclic) bond motifs is 1. The smallest absolute Gasteiger partial charge is 0.322 e. The summed E-state index contributed by atoms with van der Waals surface area (Å²) in [5, 5.41) is 3.55. The maximum Gasteiger partial charge on any atom is 0.322 e. The van der Waals surface area contributed by atoms with Crippen LogP contribution in [0.2, 0.25) is 0 Å². The Balaban J connectivity index is 1.89. The third-order valence-corrected chi connectivity index (χ3v) is 6.53. The van der Waals surface area contributed by atoms with Crippen molar-refractivity contribution in [2.45, 2.75) is 46.6 Å². The number of methoxy groups -OCH3 is 1. The summed E-state index contributed by atoms with van der Waals surface area (Å²) >= 11 is 0. The van der Waals surface area contributed by atoms with E-state index in [-0.39, 0.29) is 11.6 Å². The van der Waals surface area contributed by atoms with E-state index in [1.54, 1.807) is 28.7 Å². The second-order valence-corrected chi connectivity index (χ2v) is 9.17. The van der Waals surface area contributed by atoms with E-state index < -0.39 is 6.04 Å². The number of para-hydroxylation sites is 3. The standard InChI is InChI=1S/C30H34N4O3/c1-6-18-33(30(36)32-24-14-10-11-15-27(24)37-5)25(7-2)28-31-23-13-9-8-12-22(23)29(35)34(28)26-17-16-20(3)19-21(26)4/h8-17,19,25H,6-7,18H2,1-5H3,(H,32,36). The van der Waals surface area contributed by atoms with Gasteiger partial charge in [0.25, 0.3) is 5.56 Å². The summed E-state index contributed by atoms with van der Waals surface area (Å²) in [5.41, 5.74) is 3.90. The van der Waals surface area contributed by atoms with Gasteiger partial charge in [-0.05, 0) is 62.6 Å². The number of amides is 2. The van der Waals surface area contributed by atoms with Gasteiger partial charge in [-0.2, -0.15) is 0 Å². The number of carbonyl (C=O) groups is 1. The number of aryl methyl sites for hydroxylation is 2. The van der Waals surface area contributed by atoms with Gasteiger partial charge in [0.05, 0.1) is 35.4 Å². The molecular weight excluding hydrogens is 464 g/mol. The summed E-state index contributed by atoms with van der Waals surface area (Å²) in [5.74, 6) is 1.12. The van der Waals surface area contributed by atoms with Crippen molar-refractivity contribution in [3.63, 3.8) is 0 Å². The summed E-state index contributed by atoms with van der Waals surface area (Å²) in [6.45, 7) is 8.56. The van der Waals surface area contributed by atoms with E-state index in [2.05, 4.69) is 11.4 Å². The number of urea groups is 1. The van der Waals surface area contributed by atoms with Crippen molar-refractivity contribution in [2.75, 3.05) is 19.0 Å². The molecule has 0 bridgehead atoms. The third kappa shape index (κ3) is 5.21. The van der Waals surface area contributed by atoms with E-state index in [0.29, 0.717) is 41.1 Å². The first kappa shape index (κ1) is 25.9. The van der Waals surface area contributed by atoms with E-state index in [4.69, 9.17) is 9.72 Å². The molecule has 0 aliphatic heterocycles. The van der Waals surface area contributed by atoms with Gasteiger partial charge in [-0.1, -0.05) is 55.8 Å². The lowest BCUT2D eigenvalue weighted by Gasteiger charge is -2.32. The number of ether oxygens (including phenoxy) is 1. The highest BCUT2D eigenvalue weighted by Gasteiger charge is 2.29. The molecule has 0 saturated heterocycles. The molecule has 192 valence electrons. The van der Waals surface area contributed by atoms with Crippen LogP contribution in [0.1, 0.15) is 49.7 Å². The van der Waals surface area contributed by atoms with E-state index in [9.17, 15) is 9.59 Å². The molecule has 4 aromatic rings. The summed E-state index contributed by atoms with van der Waals surface area (Å²) in [6.07, 6.45) is 1.33. The molecular formula is C30H34N4O3. The van der Waals surface area contributed by atoms with Crippen LogP contribution >= 0.6 is 0 Å². The average Bonchev–Trinajstić information content (AvgIpc) is 2.90. The molecule has 1 aromatic heterocycles. The minimum absolute atomic E-state index is 0.146. The second-order valence-electron chi connectivity index (χ2n) is 9.17. The predicted octanol–water partition coefficient (Wildman–Crippen LogP) is 6.41. The largest absolute Gasteiger partial charge is 0.495 e. The highest BCUT2D eigenvalue weighted by molar-refractivity contribution is 5.91. The molecule has 1 N–H and O–H groups in total. The molecule has 0 aliphatic rings. The van der Waals surface area contributed by atoms with Gasteiger partial charge in [0.1, 0.15) is 11.6 Å². The Morgan fingerprint density at radius 2 is 1.78 bits per heavy atom. The molecule has 0 saturated carbocycles. The van der Waals surface area contributed by atoms with Gasteiger partial charge < -0.3 is 15.0 Å². The van der Waals surface area contributed by atoms with Crippen LogP contribution in [-0.4, -0.2) is 34.1 Å². The summed E-state index contributed by atoms with van der Waals surface area (Å²) in [6, 6.07) is 20.0. The molecule has 1 heterocycles. The van der Waals surface area contributed by atoms with E-state index in [0.717, 1.165) is 23.2 Å². The van der Waals surface area contributed by atoms with Crippen molar-refractivity contribution in [1.82, 2.24) is 14.5 Å². The van der Waals surface area contributed by atoms with Gasteiger partial charge in [-0.15, -0.1) is 0 Å². The van der Waals surface area contributed by atoms with Crippen molar-refractivity contribution in [3.05, 3.63) is 94.0 Å². The predicted molar refractivity (Wildman–Crippen MR) is 149 cm³/mol. The van der Waals surface area contributed by atoms with E-state index >= 15 is 0 Å². The monoisotopic (exact) mass is 498 g/mol. The molecule has 0 fully saturated rings. The van der Waals surface area contributed by atoms with Gasteiger partial charge in [-0.25, -0.2) is 9.78 Å². The minimum Gasteiger partial charge on any atom is -0.495 e. The Hall–Kier alpha value is -4.13. The van der Waals surface area contributed by atoms with Crippen LogP contribution in [0, 0.1) is 13.8 Å². The lowest BCUT2D eigenvalue weighted by molar-refractivity contribution is 0.181. The molecule has 1 atom stereocenters. The lowest BCUT2D eigenvalue weighted by Crippen LogP contribution is -2.41. The SMILES string of the molecule is CCCN(C(=O)Nc1ccccc1OC)C(CC)c1nc2ccccc2c(=O)n1-c1ccc(C)cc1C. The molecule has 0 radical (unpaired) electrons. The molecule has 7 heteroatoms.